The number of nitrogens with zero attached hydrogens (tertiary/aromatic N) is 1. The second-order valence-electron chi connectivity index (χ2n) is 4.26. The highest BCUT2D eigenvalue weighted by Gasteiger charge is 2.06. The summed E-state index contributed by atoms with van der Waals surface area (Å²) < 4.78 is 11.3. The lowest BCUT2D eigenvalue weighted by Gasteiger charge is -2.20. The Balaban J connectivity index is 2.42. The molecule has 0 aliphatic heterocycles. The van der Waals surface area contributed by atoms with Gasteiger partial charge in [-0.1, -0.05) is 19.1 Å². The van der Waals surface area contributed by atoms with Crippen molar-refractivity contribution < 1.29 is 9.47 Å². The third-order valence-corrected chi connectivity index (χ3v) is 2.92. The normalized spacial score (nSPS) is 10.7. The summed E-state index contributed by atoms with van der Waals surface area (Å²) in [5, 5.41) is 0. The molecule has 0 saturated heterocycles. The number of alkyl halides is 1. The average molecular weight is 286 g/mol. The molecule has 4 heteroatoms. The van der Waals surface area contributed by atoms with E-state index in [9.17, 15) is 0 Å². The largest absolute Gasteiger partial charge is 0.490 e. The van der Waals surface area contributed by atoms with Crippen molar-refractivity contribution in [3.8, 4) is 11.5 Å². The summed E-state index contributed by atoms with van der Waals surface area (Å²) in [6.45, 7) is 8.30. The molecule has 108 valence electrons. The maximum atomic E-state index is 5.80. The minimum atomic E-state index is 0.647. The fourth-order valence-electron chi connectivity index (χ4n) is 1.90. The molecule has 0 spiro atoms. The van der Waals surface area contributed by atoms with Crippen LogP contribution in [0.25, 0.3) is 0 Å². The third-order valence-electron chi connectivity index (χ3n) is 2.75. The molecule has 1 aromatic carbocycles. The van der Waals surface area contributed by atoms with Gasteiger partial charge in [0.25, 0.3) is 0 Å². The molecule has 0 unspecified atom stereocenters. The van der Waals surface area contributed by atoms with E-state index in [1.165, 1.54) is 0 Å². The van der Waals surface area contributed by atoms with Gasteiger partial charge in [-0.15, -0.1) is 11.6 Å². The molecule has 0 radical (unpaired) electrons. The minimum absolute atomic E-state index is 0.647. The van der Waals surface area contributed by atoms with Gasteiger partial charge in [0.15, 0.2) is 11.5 Å². The average Bonchev–Trinajstić information content (AvgIpc) is 2.41. The first-order chi connectivity index (χ1) is 9.31. The fourth-order valence-corrected chi connectivity index (χ4v) is 2.14. The topological polar surface area (TPSA) is 21.7 Å². The molecule has 1 aromatic rings. The van der Waals surface area contributed by atoms with Gasteiger partial charge in [-0.3, -0.25) is 4.90 Å². The van der Waals surface area contributed by atoms with Crippen molar-refractivity contribution in [3.05, 3.63) is 24.3 Å². The Bertz CT molecular complexity index is 341. The molecule has 0 amide bonds. The van der Waals surface area contributed by atoms with Gasteiger partial charge in [-0.2, -0.15) is 0 Å². The number of benzene rings is 1. The van der Waals surface area contributed by atoms with Gasteiger partial charge in [0.2, 0.25) is 0 Å². The summed E-state index contributed by atoms with van der Waals surface area (Å²) in [5.41, 5.74) is 0. The molecule has 3 nitrogen and oxygen atoms in total. The summed E-state index contributed by atoms with van der Waals surface area (Å²) in [4.78, 5) is 2.32. The van der Waals surface area contributed by atoms with Gasteiger partial charge >= 0.3 is 0 Å². The standard InChI is InChI=1S/C15H24ClNO2/c1-3-10-17(11-9-16)12-13-19-15-8-6-5-7-14(15)18-4-2/h5-8H,3-4,9-13H2,1-2H3. The first kappa shape index (κ1) is 16.1. The molecule has 0 fully saturated rings. The third kappa shape index (κ3) is 6.17. The van der Waals surface area contributed by atoms with Crippen molar-refractivity contribution >= 4 is 11.6 Å². The molecule has 0 atom stereocenters. The van der Waals surface area contributed by atoms with E-state index in [2.05, 4.69) is 11.8 Å². The van der Waals surface area contributed by atoms with E-state index >= 15 is 0 Å². The maximum absolute atomic E-state index is 5.80. The molecular formula is C15H24ClNO2. The Morgan fingerprint density at radius 3 is 2.26 bits per heavy atom. The van der Waals surface area contributed by atoms with Crippen molar-refractivity contribution in [1.29, 1.82) is 0 Å². The summed E-state index contributed by atoms with van der Waals surface area (Å²) in [5.74, 6) is 2.28. The molecule has 0 bridgehead atoms. The molecule has 0 aliphatic carbocycles. The van der Waals surface area contributed by atoms with E-state index in [0.717, 1.165) is 37.6 Å². The smallest absolute Gasteiger partial charge is 0.161 e. The first-order valence-corrected chi connectivity index (χ1v) is 7.48. The number of hydrogen-bond donors (Lipinski definition) is 0. The summed E-state index contributed by atoms with van der Waals surface area (Å²) in [6, 6.07) is 7.78. The predicted octanol–water partition coefficient (Wildman–Crippen LogP) is 3.41. The Labute approximate surface area is 121 Å². The van der Waals surface area contributed by atoms with Crippen molar-refractivity contribution in [3.63, 3.8) is 0 Å². The van der Waals surface area contributed by atoms with Crippen LogP contribution in [0.4, 0.5) is 0 Å². The number of halogens is 1. The lowest BCUT2D eigenvalue weighted by molar-refractivity contribution is 0.209. The van der Waals surface area contributed by atoms with Crippen molar-refractivity contribution in [2.24, 2.45) is 0 Å². The van der Waals surface area contributed by atoms with Gasteiger partial charge in [0.05, 0.1) is 6.61 Å². The zero-order valence-electron chi connectivity index (χ0n) is 11.9. The van der Waals surface area contributed by atoms with E-state index in [1.807, 2.05) is 31.2 Å². The van der Waals surface area contributed by atoms with Crippen molar-refractivity contribution in [2.75, 3.05) is 38.7 Å². The van der Waals surface area contributed by atoms with Gasteiger partial charge in [0, 0.05) is 19.0 Å². The highest BCUT2D eigenvalue weighted by atomic mass is 35.5. The number of hydrogen-bond acceptors (Lipinski definition) is 3. The predicted molar refractivity (Wildman–Crippen MR) is 80.6 cm³/mol. The second-order valence-corrected chi connectivity index (χ2v) is 4.64. The fraction of sp³-hybridized carbons (Fsp3) is 0.600. The van der Waals surface area contributed by atoms with Crippen LogP contribution >= 0.6 is 11.6 Å². The van der Waals surface area contributed by atoms with Crippen LogP contribution in [-0.4, -0.2) is 43.6 Å². The zero-order chi connectivity index (χ0) is 13.9. The van der Waals surface area contributed by atoms with Gasteiger partial charge in [-0.05, 0) is 32.0 Å². The highest BCUT2D eigenvalue weighted by molar-refractivity contribution is 6.18. The van der Waals surface area contributed by atoms with Crippen LogP contribution in [0.15, 0.2) is 24.3 Å². The highest BCUT2D eigenvalue weighted by Crippen LogP contribution is 2.26. The van der Waals surface area contributed by atoms with E-state index < -0.39 is 0 Å². The van der Waals surface area contributed by atoms with E-state index in [1.54, 1.807) is 0 Å². The van der Waals surface area contributed by atoms with E-state index in [0.29, 0.717) is 19.1 Å². The number of ether oxygens (including phenoxy) is 2. The van der Waals surface area contributed by atoms with Crippen molar-refractivity contribution in [2.45, 2.75) is 20.3 Å². The van der Waals surface area contributed by atoms with Crippen LogP contribution in [0.1, 0.15) is 20.3 Å². The summed E-state index contributed by atoms with van der Waals surface area (Å²) in [6.07, 6.45) is 1.13. The number of rotatable bonds is 10. The van der Waals surface area contributed by atoms with Gasteiger partial charge in [-0.25, -0.2) is 0 Å². The minimum Gasteiger partial charge on any atom is -0.490 e. The van der Waals surface area contributed by atoms with Crippen LogP contribution in [0.3, 0.4) is 0 Å². The van der Waals surface area contributed by atoms with E-state index in [4.69, 9.17) is 21.1 Å². The zero-order valence-corrected chi connectivity index (χ0v) is 12.7. The monoisotopic (exact) mass is 285 g/mol. The SMILES string of the molecule is CCCN(CCCl)CCOc1ccccc1OCC. The summed E-state index contributed by atoms with van der Waals surface area (Å²) >= 11 is 5.79. The molecular weight excluding hydrogens is 262 g/mol. The van der Waals surface area contributed by atoms with Crippen LogP contribution in [-0.2, 0) is 0 Å². The summed E-state index contributed by atoms with van der Waals surface area (Å²) in [7, 11) is 0. The van der Waals surface area contributed by atoms with Crippen LogP contribution in [0, 0.1) is 0 Å². The van der Waals surface area contributed by atoms with Crippen molar-refractivity contribution in [1.82, 2.24) is 4.90 Å². The number of para-hydroxylation sites is 2. The Morgan fingerprint density at radius 1 is 1.00 bits per heavy atom. The molecule has 0 aromatic heterocycles. The molecule has 0 saturated carbocycles. The van der Waals surface area contributed by atoms with Crippen LogP contribution < -0.4 is 9.47 Å². The first-order valence-electron chi connectivity index (χ1n) is 6.94. The molecule has 19 heavy (non-hydrogen) atoms. The van der Waals surface area contributed by atoms with E-state index in [-0.39, 0.29) is 0 Å². The van der Waals surface area contributed by atoms with Gasteiger partial charge < -0.3 is 9.47 Å². The molecule has 0 N–H and O–H groups in total. The molecule has 0 aliphatic rings. The van der Waals surface area contributed by atoms with Gasteiger partial charge in [0.1, 0.15) is 6.61 Å². The lowest BCUT2D eigenvalue weighted by Crippen LogP contribution is -2.31. The molecule has 1 rings (SSSR count). The second kappa shape index (κ2) is 9.93. The quantitative estimate of drug-likeness (QED) is 0.615. The molecule has 0 heterocycles. The van der Waals surface area contributed by atoms with Crippen LogP contribution in [0.5, 0.6) is 11.5 Å². The Morgan fingerprint density at radius 2 is 1.68 bits per heavy atom. The maximum Gasteiger partial charge on any atom is 0.161 e. The van der Waals surface area contributed by atoms with Crippen LogP contribution in [0.2, 0.25) is 0 Å². The Kier molecular flexibility index (Phi) is 8.43. The Hall–Kier alpha value is -0.930. The lowest BCUT2D eigenvalue weighted by atomic mass is 10.3.